The lowest BCUT2D eigenvalue weighted by molar-refractivity contribution is 0.0671. The second kappa shape index (κ2) is 12.8. The van der Waals surface area contributed by atoms with Crippen molar-refractivity contribution in [1.29, 1.82) is 0 Å². The van der Waals surface area contributed by atoms with Crippen molar-refractivity contribution in [2.24, 2.45) is 17.8 Å². The molecular formula is C28H43NO2. The van der Waals surface area contributed by atoms with Gasteiger partial charge in [-0.1, -0.05) is 96.4 Å². The summed E-state index contributed by atoms with van der Waals surface area (Å²) in [6.45, 7) is 11.9. The predicted molar refractivity (Wildman–Crippen MR) is 130 cm³/mol. The standard InChI is InChI=1S/C28H43NO2/c1-21(2)11-8-12-22(3)13-9-14-23(4)15-10-16-24(5)19-20-29-27(30)25-17-6-7-18-26(25)28(29)31/h6-7,17-19,21-23H,8-16,20H2,1-5H3. The van der Waals surface area contributed by atoms with Crippen molar-refractivity contribution in [3.05, 3.63) is 47.0 Å². The Labute approximate surface area is 190 Å². The summed E-state index contributed by atoms with van der Waals surface area (Å²) in [5.74, 6) is 2.12. The maximum Gasteiger partial charge on any atom is 0.261 e. The van der Waals surface area contributed by atoms with E-state index in [1.165, 1.54) is 61.8 Å². The second-order valence-electron chi connectivity index (χ2n) is 10.2. The molecule has 2 atom stereocenters. The highest BCUT2D eigenvalue weighted by Crippen LogP contribution is 2.24. The Morgan fingerprint density at radius 2 is 1.29 bits per heavy atom. The van der Waals surface area contributed by atoms with Gasteiger partial charge in [0.15, 0.2) is 0 Å². The minimum atomic E-state index is -0.170. The fourth-order valence-corrected chi connectivity index (χ4v) is 4.46. The van der Waals surface area contributed by atoms with Crippen molar-refractivity contribution in [2.75, 3.05) is 6.54 Å². The summed E-state index contributed by atoms with van der Waals surface area (Å²) in [6.07, 6.45) is 13.7. The Bertz CT molecular complexity index is 714. The number of carbonyl (C=O) groups excluding carboxylic acids is 2. The summed E-state index contributed by atoms with van der Waals surface area (Å²) in [5.41, 5.74) is 2.32. The molecule has 0 saturated heterocycles. The molecule has 2 unspecified atom stereocenters. The Balaban J connectivity index is 1.61. The van der Waals surface area contributed by atoms with E-state index >= 15 is 0 Å². The van der Waals surface area contributed by atoms with Crippen LogP contribution in [0.2, 0.25) is 0 Å². The molecule has 0 saturated carbocycles. The fourth-order valence-electron chi connectivity index (χ4n) is 4.46. The van der Waals surface area contributed by atoms with Crippen LogP contribution in [0.5, 0.6) is 0 Å². The molecule has 0 aromatic heterocycles. The molecule has 0 spiro atoms. The molecule has 1 aliphatic heterocycles. The van der Waals surface area contributed by atoms with Gasteiger partial charge in [0.05, 0.1) is 11.1 Å². The third-order valence-corrected chi connectivity index (χ3v) is 6.64. The zero-order chi connectivity index (χ0) is 22.8. The molecule has 0 N–H and O–H groups in total. The number of hydrogen-bond donors (Lipinski definition) is 0. The van der Waals surface area contributed by atoms with Crippen molar-refractivity contribution >= 4 is 11.8 Å². The maximum absolute atomic E-state index is 12.4. The van der Waals surface area contributed by atoms with Gasteiger partial charge in [-0.05, 0) is 49.7 Å². The normalized spacial score (nSPS) is 16.2. The predicted octanol–water partition coefficient (Wildman–Crippen LogP) is 7.67. The zero-order valence-electron chi connectivity index (χ0n) is 20.5. The van der Waals surface area contributed by atoms with Crippen LogP contribution in [0.1, 0.15) is 113 Å². The van der Waals surface area contributed by atoms with Gasteiger partial charge in [0.1, 0.15) is 0 Å². The highest BCUT2D eigenvalue weighted by Gasteiger charge is 2.34. The number of rotatable bonds is 14. The first kappa shape index (κ1) is 25.4. The first-order chi connectivity index (χ1) is 14.8. The number of allylic oxidation sites excluding steroid dienone is 1. The molecular weight excluding hydrogens is 382 g/mol. The molecule has 0 radical (unpaired) electrons. The number of benzene rings is 1. The van der Waals surface area contributed by atoms with Crippen molar-refractivity contribution < 1.29 is 9.59 Å². The van der Waals surface area contributed by atoms with Gasteiger partial charge in [-0.25, -0.2) is 0 Å². The number of carbonyl (C=O) groups is 2. The summed E-state index contributed by atoms with van der Waals surface area (Å²) < 4.78 is 0. The third-order valence-electron chi connectivity index (χ3n) is 6.64. The number of imide groups is 1. The molecule has 0 aliphatic carbocycles. The first-order valence-electron chi connectivity index (χ1n) is 12.4. The van der Waals surface area contributed by atoms with Crippen LogP contribution in [0.4, 0.5) is 0 Å². The average molecular weight is 426 g/mol. The summed E-state index contributed by atoms with van der Waals surface area (Å²) in [7, 11) is 0. The minimum Gasteiger partial charge on any atom is -0.270 e. The molecule has 0 fully saturated rings. The van der Waals surface area contributed by atoms with Crippen LogP contribution in [0.25, 0.3) is 0 Å². The summed E-state index contributed by atoms with van der Waals surface area (Å²) in [5, 5.41) is 0. The van der Waals surface area contributed by atoms with Gasteiger partial charge < -0.3 is 0 Å². The van der Waals surface area contributed by atoms with Crippen LogP contribution in [0.3, 0.4) is 0 Å². The highest BCUT2D eigenvalue weighted by atomic mass is 16.2. The molecule has 1 aromatic carbocycles. The molecule has 31 heavy (non-hydrogen) atoms. The third kappa shape index (κ3) is 8.27. The van der Waals surface area contributed by atoms with Gasteiger partial charge in [-0.3, -0.25) is 14.5 Å². The zero-order valence-corrected chi connectivity index (χ0v) is 20.5. The Hall–Kier alpha value is -1.90. The Morgan fingerprint density at radius 1 is 0.806 bits per heavy atom. The second-order valence-corrected chi connectivity index (χ2v) is 10.2. The van der Waals surface area contributed by atoms with Crippen LogP contribution < -0.4 is 0 Å². The van der Waals surface area contributed by atoms with Gasteiger partial charge in [0.25, 0.3) is 11.8 Å². The molecule has 1 aromatic rings. The minimum absolute atomic E-state index is 0.170. The number of nitrogens with zero attached hydrogens (tertiary/aromatic N) is 1. The van der Waals surface area contributed by atoms with Crippen LogP contribution in [0.15, 0.2) is 35.9 Å². The fraction of sp³-hybridized carbons (Fsp3) is 0.643. The average Bonchev–Trinajstić information content (AvgIpc) is 2.96. The lowest BCUT2D eigenvalue weighted by atomic mass is 9.91. The summed E-state index contributed by atoms with van der Waals surface area (Å²) in [6, 6.07) is 7.09. The SMILES string of the molecule is CC(=CCN1C(=O)c2ccccc2C1=O)CCCC(C)CCCC(C)CCCC(C)C. The molecule has 3 nitrogen and oxygen atoms in total. The van der Waals surface area contributed by atoms with Gasteiger partial charge in [0, 0.05) is 6.54 Å². The van der Waals surface area contributed by atoms with Gasteiger partial charge in [0.2, 0.25) is 0 Å². The van der Waals surface area contributed by atoms with Crippen LogP contribution in [-0.4, -0.2) is 23.3 Å². The van der Waals surface area contributed by atoms with Gasteiger partial charge in [-0.2, -0.15) is 0 Å². The van der Waals surface area contributed by atoms with Crippen LogP contribution >= 0.6 is 0 Å². The Morgan fingerprint density at radius 3 is 1.81 bits per heavy atom. The van der Waals surface area contributed by atoms with Crippen LogP contribution in [0, 0.1) is 17.8 Å². The number of amides is 2. The van der Waals surface area contributed by atoms with E-state index in [-0.39, 0.29) is 11.8 Å². The van der Waals surface area contributed by atoms with Crippen molar-refractivity contribution in [3.63, 3.8) is 0 Å². The van der Waals surface area contributed by atoms with E-state index < -0.39 is 0 Å². The molecule has 3 heteroatoms. The Kier molecular flexibility index (Phi) is 10.5. The molecule has 2 amide bonds. The van der Waals surface area contributed by atoms with E-state index in [0.717, 1.165) is 24.2 Å². The van der Waals surface area contributed by atoms with E-state index in [9.17, 15) is 9.59 Å². The van der Waals surface area contributed by atoms with E-state index in [1.807, 2.05) is 18.2 Å². The smallest absolute Gasteiger partial charge is 0.261 e. The number of fused-ring (bicyclic) bond motifs is 1. The van der Waals surface area contributed by atoms with Crippen molar-refractivity contribution in [1.82, 2.24) is 4.90 Å². The van der Waals surface area contributed by atoms with E-state index in [2.05, 4.69) is 34.6 Å². The highest BCUT2D eigenvalue weighted by molar-refractivity contribution is 6.21. The van der Waals surface area contributed by atoms with E-state index in [0.29, 0.717) is 17.7 Å². The summed E-state index contributed by atoms with van der Waals surface area (Å²) in [4.78, 5) is 26.2. The lowest BCUT2D eigenvalue weighted by Crippen LogP contribution is -2.29. The van der Waals surface area contributed by atoms with Gasteiger partial charge in [-0.15, -0.1) is 0 Å². The first-order valence-corrected chi connectivity index (χ1v) is 12.4. The molecule has 1 aliphatic rings. The quantitative estimate of drug-likeness (QED) is 0.226. The molecule has 1 heterocycles. The van der Waals surface area contributed by atoms with E-state index in [1.54, 1.807) is 12.1 Å². The topological polar surface area (TPSA) is 37.4 Å². The maximum atomic E-state index is 12.4. The van der Waals surface area contributed by atoms with Crippen LogP contribution in [-0.2, 0) is 0 Å². The summed E-state index contributed by atoms with van der Waals surface area (Å²) >= 11 is 0. The molecule has 2 rings (SSSR count). The monoisotopic (exact) mass is 425 g/mol. The van der Waals surface area contributed by atoms with Crippen molar-refractivity contribution in [3.8, 4) is 0 Å². The lowest BCUT2D eigenvalue weighted by Gasteiger charge is -2.15. The largest absolute Gasteiger partial charge is 0.270 e. The van der Waals surface area contributed by atoms with Crippen molar-refractivity contribution in [2.45, 2.75) is 92.4 Å². The van der Waals surface area contributed by atoms with Gasteiger partial charge >= 0.3 is 0 Å². The van der Waals surface area contributed by atoms with E-state index in [4.69, 9.17) is 0 Å². The number of hydrogen-bond acceptors (Lipinski definition) is 2. The molecule has 0 bridgehead atoms. The molecule has 172 valence electrons.